The van der Waals surface area contributed by atoms with Crippen LogP contribution in [0.25, 0.3) is 0 Å². The molecule has 6 heteroatoms. The zero-order chi connectivity index (χ0) is 16.3. The van der Waals surface area contributed by atoms with Crippen molar-refractivity contribution in [1.82, 2.24) is 0 Å². The van der Waals surface area contributed by atoms with Gasteiger partial charge in [-0.3, -0.25) is 9.59 Å². The molecule has 3 aliphatic rings. The first-order valence-corrected chi connectivity index (χ1v) is 11.2. The normalized spacial score (nSPS) is 31.7. The van der Waals surface area contributed by atoms with Gasteiger partial charge in [0.05, 0.1) is 9.81 Å². The van der Waals surface area contributed by atoms with E-state index in [1.165, 1.54) is 33.3 Å². The number of allylic oxidation sites excluding steroid dienone is 1. The van der Waals surface area contributed by atoms with E-state index in [1.54, 1.807) is 22.7 Å². The van der Waals surface area contributed by atoms with Crippen LogP contribution in [0.5, 0.6) is 0 Å². The number of Topliss-reactive ketones (excluding diaryl/α,β-unsaturated/α-hetero) is 2. The number of hydrogen-bond acceptors (Lipinski definition) is 6. The fourth-order valence-corrected chi connectivity index (χ4v) is 7.78. The highest BCUT2D eigenvalue weighted by molar-refractivity contribution is 8.27. The van der Waals surface area contributed by atoms with E-state index in [0.29, 0.717) is 5.57 Å². The van der Waals surface area contributed by atoms with Crippen molar-refractivity contribution in [3.8, 4) is 0 Å². The smallest absolute Gasteiger partial charge is 0.172 e. The third kappa shape index (κ3) is 2.03. The molecule has 0 radical (unpaired) electrons. The van der Waals surface area contributed by atoms with Crippen molar-refractivity contribution in [3.05, 3.63) is 65.4 Å². The zero-order valence-electron chi connectivity index (χ0n) is 12.4. The summed E-state index contributed by atoms with van der Waals surface area (Å²) < 4.78 is 0.870. The molecule has 0 N–H and O–H groups in total. The third-order valence-corrected chi connectivity index (χ3v) is 9.08. The Labute approximate surface area is 156 Å². The van der Waals surface area contributed by atoms with Crippen LogP contribution in [0.4, 0.5) is 0 Å². The van der Waals surface area contributed by atoms with E-state index in [4.69, 9.17) is 0 Å². The Bertz CT molecular complexity index is 806. The van der Waals surface area contributed by atoms with Crippen LogP contribution >= 0.6 is 46.2 Å². The quantitative estimate of drug-likeness (QED) is 0.521. The molecule has 24 heavy (non-hydrogen) atoms. The predicted octanol–water partition coefficient (Wildman–Crippen LogP) is 5.24. The molecule has 2 nitrogen and oxygen atoms in total. The molecule has 2 aromatic heterocycles. The second kappa shape index (κ2) is 5.73. The highest BCUT2D eigenvalue weighted by Gasteiger charge is 2.64. The fourth-order valence-electron chi connectivity index (χ4n) is 4.05. The summed E-state index contributed by atoms with van der Waals surface area (Å²) in [6.07, 6.45) is 0. The first-order valence-electron chi connectivity index (χ1n) is 7.65. The summed E-state index contributed by atoms with van der Waals surface area (Å²) in [6, 6.07) is 8.28. The van der Waals surface area contributed by atoms with Crippen molar-refractivity contribution in [3.63, 3.8) is 0 Å². The summed E-state index contributed by atoms with van der Waals surface area (Å²) in [5.74, 6) is 0.0741. The molecule has 2 aromatic rings. The summed E-state index contributed by atoms with van der Waals surface area (Å²) >= 11 is 6.40. The average molecular weight is 389 g/mol. The van der Waals surface area contributed by atoms with Gasteiger partial charge in [-0.2, -0.15) is 0 Å². The van der Waals surface area contributed by atoms with Gasteiger partial charge < -0.3 is 0 Å². The molecule has 0 amide bonds. The minimum absolute atomic E-state index is 0.0647. The molecule has 0 aromatic carbocycles. The van der Waals surface area contributed by atoms with Gasteiger partial charge in [-0.05, 0) is 33.7 Å². The number of carbonyl (C=O) groups is 2. The average Bonchev–Trinajstić information content (AvgIpc) is 3.31. The van der Waals surface area contributed by atoms with Gasteiger partial charge in [-0.25, -0.2) is 0 Å². The van der Waals surface area contributed by atoms with Crippen molar-refractivity contribution in [2.45, 2.75) is 11.8 Å². The maximum atomic E-state index is 13.1. The van der Waals surface area contributed by atoms with Gasteiger partial charge >= 0.3 is 0 Å². The van der Waals surface area contributed by atoms with Crippen LogP contribution in [-0.4, -0.2) is 11.6 Å². The zero-order valence-corrected chi connectivity index (χ0v) is 15.6. The van der Waals surface area contributed by atoms with Gasteiger partial charge in [0.2, 0.25) is 0 Å². The topological polar surface area (TPSA) is 34.1 Å². The third-order valence-electron chi connectivity index (χ3n) is 5.00. The van der Waals surface area contributed by atoms with Gasteiger partial charge in [-0.15, -0.1) is 22.7 Å². The van der Waals surface area contributed by atoms with E-state index >= 15 is 0 Å². The van der Waals surface area contributed by atoms with Crippen molar-refractivity contribution in [1.29, 1.82) is 0 Å². The number of fused-ring (bicyclic) bond motifs is 1. The van der Waals surface area contributed by atoms with E-state index in [-0.39, 0.29) is 35.2 Å². The second-order valence-corrected chi connectivity index (χ2v) is 10.1. The molecule has 0 saturated heterocycles. The van der Waals surface area contributed by atoms with Crippen LogP contribution in [0.1, 0.15) is 21.6 Å². The molecule has 4 atom stereocenters. The Kier molecular flexibility index (Phi) is 3.63. The minimum atomic E-state index is -0.174. The number of hydrogen-bond donors (Lipinski definition) is 0. The van der Waals surface area contributed by atoms with Crippen molar-refractivity contribution in [2.24, 2.45) is 11.8 Å². The Morgan fingerprint density at radius 3 is 1.62 bits per heavy atom. The second-order valence-electron chi connectivity index (χ2n) is 6.03. The Morgan fingerprint density at radius 1 is 0.708 bits per heavy atom. The molecule has 120 valence electrons. The van der Waals surface area contributed by atoms with Gasteiger partial charge in [-0.1, -0.05) is 35.7 Å². The summed E-state index contributed by atoms with van der Waals surface area (Å²) in [5.41, 5.74) is 0.464. The number of ketones is 2. The fraction of sp³-hybridized carbons (Fsp3) is 0.222. The lowest BCUT2D eigenvalue weighted by atomic mass is 9.56. The van der Waals surface area contributed by atoms with E-state index in [9.17, 15) is 9.59 Å². The maximum absolute atomic E-state index is 13.1. The predicted molar refractivity (Wildman–Crippen MR) is 102 cm³/mol. The van der Waals surface area contributed by atoms with E-state index in [2.05, 4.69) is 22.9 Å². The molecule has 0 unspecified atom stereocenters. The molecule has 5 rings (SSSR count). The van der Waals surface area contributed by atoms with Crippen molar-refractivity contribution < 1.29 is 9.59 Å². The molecule has 3 heterocycles. The van der Waals surface area contributed by atoms with E-state index < -0.39 is 0 Å². The standard InChI is InChI=1S/C18H12O2S4/c19-16-13-11(9-3-1-5-21-9)12(10-4-2-6-22-10)14(13)17(20)15(16)18-23-7-8-24-18/h1-8,11-14H/t11-,12+,13-,14+. The van der Waals surface area contributed by atoms with Crippen LogP contribution < -0.4 is 0 Å². The van der Waals surface area contributed by atoms with Gasteiger partial charge in [0.15, 0.2) is 11.6 Å². The molecular formula is C18H12O2S4. The van der Waals surface area contributed by atoms with Gasteiger partial charge in [0.1, 0.15) is 0 Å². The highest BCUT2D eigenvalue weighted by Crippen LogP contribution is 2.64. The van der Waals surface area contributed by atoms with Crippen LogP contribution in [0.2, 0.25) is 0 Å². The Balaban J connectivity index is 1.61. The van der Waals surface area contributed by atoms with Gasteiger partial charge in [0.25, 0.3) is 0 Å². The largest absolute Gasteiger partial charge is 0.294 e. The lowest BCUT2D eigenvalue weighted by molar-refractivity contribution is -0.127. The van der Waals surface area contributed by atoms with Crippen LogP contribution in [-0.2, 0) is 9.59 Å². The Morgan fingerprint density at radius 2 is 1.21 bits per heavy atom. The first-order chi connectivity index (χ1) is 11.8. The summed E-state index contributed by atoms with van der Waals surface area (Å²) in [5, 5.41) is 8.01. The molecule has 2 fully saturated rings. The van der Waals surface area contributed by atoms with Crippen LogP contribution in [0.3, 0.4) is 0 Å². The Hall–Kier alpha value is -1.08. The molecule has 0 bridgehead atoms. The van der Waals surface area contributed by atoms with Crippen molar-refractivity contribution >= 4 is 57.8 Å². The summed E-state index contributed by atoms with van der Waals surface area (Å²) in [7, 11) is 0. The van der Waals surface area contributed by atoms with Crippen molar-refractivity contribution in [2.75, 3.05) is 0 Å². The monoisotopic (exact) mass is 388 g/mol. The lowest BCUT2D eigenvalue weighted by Gasteiger charge is -2.45. The summed E-state index contributed by atoms with van der Waals surface area (Å²) in [6.45, 7) is 0. The van der Waals surface area contributed by atoms with Gasteiger partial charge in [0, 0.05) is 33.4 Å². The molecule has 2 saturated carbocycles. The molecule has 2 aliphatic carbocycles. The van der Waals surface area contributed by atoms with E-state index in [1.807, 2.05) is 22.9 Å². The molecule has 0 spiro atoms. The number of thioether (sulfide) groups is 2. The lowest BCUT2D eigenvalue weighted by Crippen LogP contribution is -2.44. The number of carbonyl (C=O) groups excluding carboxylic acids is 2. The van der Waals surface area contributed by atoms with Crippen LogP contribution in [0, 0.1) is 11.8 Å². The number of rotatable bonds is 2. The number of thiophene rings is 2. The minimum Gasteiger partial charge on any atom is -0.294 e. The highest BCUT2D eigenvalue weighted by atomic mass is 32.2. The first kappa shape index (κ1) is 15.2. The van der Waals surface area contributed by atoms with Crippen LogP contribution in [0.15, 0.2) is 55.7 Å². The maximum Gasteiger partial charge on any atom is 0.172 e. The molecule has 1 aliphatic heterocycles. The SMILES string of the molecule is O=C1C(=C2SC=CS2)C(=O)[C@H]2[C@@H]1[C@@H](c1cccs1)[C@H]2c1cccs1. The van der Waals surface area contributed by atoms with E-state index in [0.717, 1.165) is 4.24 Å². The molecular weight excluding hydrogens is 376 g/mol. The summed E-state index contributed by atoms with van der Waals surface area (Å²) in [4.78, 5) is 28.6.